The third-order valence-electron chi connectivity index (χ3n) is 7.46. The molecule has 1 aliphatic rings. The van der Waals surface area contributed by atoms with Crippen molar-refractivity contribution in [3.05, 3.63) is 78.4 Å². The van der Waals surface area contributed by atoms with Gasteiger partial charge in [-0.25, -0.2) is 4.79 Å². The second-order valence-corrected chi connectivity index (χ2v) is 10.8. The van der Waals surface area contributed by atoms with Gasteiger partial charge >= 0.3 is 5.97 Å². The summed E-state index contributed by atoms with van der Waals surface area (Å²) in [5.41, 5.74) is 2.23. The number of ether oxygens (including phenoxy) is 5. The summed E-state index contributed by atoms with van der Waals surface area (Å²) >= 11 is 0. The zero-order chi connectivity index (χ0) is 29.4. The quantitative estimate of drug-likeness (QED) is 0.0911. The Kier molecular flexibility index (Phi) is 13.2. The molecule has 2 atom stereocenters. The maximum Gasteiger partial charge on any atom is 0.343 e. The highest BCUT2D eigenvalue weighted by Gasteiger charge is 2.19. The van der Waals surface area contributed by atoms with Crippen molar-refractivity contribution in [3.63, 3.8) is 0 Å². The van der Waals surface area contributed by atoms with Gasteiger partial charge in [-0.2, -0.15) is 0 Å². The van der Waals surface area contributed by atoms with Gasteiger partial charge in [0, 0.05) is 24.7 Å². The summed E-state index contributed by atoms with van der Waals surface area (Å²) in [6.45, 7) is 6.15. The minimum absolute atomic E-state index is 0.00998. The smallest absolute Gasteiger partial charge is 0.343 e. The third kappa shape index (κ3) is 10.2. The summed E-state index contributed by atoms with van der Waals surface area (Å²) in [6.07, 6.45) is 10.8. The molecule has 3 aromatic rings. The van der Waals surface area contributed by atoms with Crippen LogP contribution in [0.4, 0.5) is 0 Å². The van der Waals surface area contributed by atoms with E-state index in [1.54, 1.807) is 12.1 Å². The van der Waals surface area contributed by atoms with E-state index in [-0.39, 0.29) is 12.4 Å². The first kappa shape index (κ1) is 31.6. The lowest BCUT2D eigenvalue weighted by atomic mass is 10.0. The fraction of sp³-hybridized carbons (Fsp3) is 0.472. The highest BCUT2D eigenvalue weighted by molar-refractivity contribution is 5.92. The van der Waals surface area contributed by atoms with Crippen LogP contribution in [0.5, 0.6) is 17.2 Å². The fourth-order valence-corrected chi connectivity index (χ4v) is 5.13. The Hall–Kier alpha value is -3.35. The second-order valence-electron chi connectivity index (χ2n) is 10.8. The van der Waals surface area contributed by atoms with Crippen LogP contribution >= 0.6 is 0 Å². The van der Waals surface area contributed by atoms with Crippen molar-refractivity contribution in [1.29, 1.82) is 0 Å². The van der Waals surface area contributed by atoms with Crippen LogP contribution in [0, 0.1) is 0 Å². The molecular formula is C36H46O6. The summed E-state index contributed by atoms with van der Waals surface area (Å²) in [5.74, 6) is 1.52. The molecule has 0 amide bonds. The van der Waals surface area contributed by atoms with Crippen LogP contribution in [0.2, 0.25) is 0 Å². The maximum atomic E-state index is 13.1. The predicted octanol–water partition coefficient (Wildman–Crippen LogP) is 9.01. The molecule has 0 radical (unpaired) electrons. The van der Waals surface area contributed by atoms with E-state index < -0.39 is 5.97 Å². The van der Waals surface area contributed by atoms with Crippen LogP contribution in [-0.2, 0) is 9.47 Å². The lowest BCUT2D eigenvalue weighted by Gasteiger charge is -2.25. The van der Waals surface area contributed by atoms with E-state index in [4.69, 9.17) is 23.7 Å². The summed E-state index contributed by atoms with van der Waals surface area (Å²) in [6, 6.07) is 22.6. The highest BCUT2D eigenvalue weighted by Crippen LogP contribution is 2.36. The Labute approximate surface area is 251 Å². The van der Waals surface area contributed by atoms with Gasteiger partial charge in [-0.15, -0.1) is 0 Å². The molecule has 3 aromatic carbocycles. The van der Waals surface area contributed by atoms with Crippen molar-refractivity contribution in [3.8, 4) is 28.4 Å². The van der Waals surface area contributed by atoms with Gasteiger partial charge in [0.25, 0.3) is 0 Å². The Balaban J connectivity index is 1.51. The maximum absolute atomic E-state index is 13.1. The number of unbranched alkanes of at least 4 members (excludes halogenated alkanes) is 4. The number of rotatable bonds is 17. The molecule has 1 saturated heterocycles. The predicted molar refractivity (Wildman–Crippen MR) is 166 cm³/mol. The van der Waals surface area contributed by atoms with Gasteiger partial charge in [0.1, 0.15) is 23.4 Å². The van der Waals surface area contributed by atoms with Crippen LogP contribution in [0.1, 0.15) is 88.4 Å². The standard InChI is InChI=1S/C36H46O6/c1-3-5-6-7-11-16-31(24-26-40-35-17-12-13-25-39-35)41-32-22-23-33(28-18-20-30(21-19-28)38-4-2)34(27-32)42-36(37)29-14-9-8-10-15-29/h8-10,14-15,18-23,27,31,35H,3-7,11-13,16-17,24-26H2,1-2H3. The first-order valence-electron chi connectivity index (χ1n) is 15.7. The molecule has 0 spiro atoms. The minimum atomic E-state index is -0.409. The molecule has 6 nitrogen and oxygen atoms in total. The largest absolute Gasteiger partial charge is 0.494 e. The minimum Gasteiger partial charge on any atom is -0.494 e. The molecule has 0 N–H and O–H groups in total. The average Bonchev–Trinajstić information content (AvgIpc) is 3.02. The van der Waals surface area contributed by atoms with Gasteiger partial charge in [0.15, 0.2) is 6.29 Å². The molecule has 1 fully saturated rings. The summed E-state index contributed by atoms with van der Waals surface area (Å²) < 4.78 is 29.9. The normalized spacial score (nSPS) is 15.6. The zero-order valence-electron chi connectivity index (χ0n) is 25.2. The first-order chi connectivity index (χ1) is 20.7. The molecule has 1 heterocycles. The molecule has 6 heteroatoms. The average molecular weight is 575 g/mol. The Morgan fingerprint density at radius 3 is 2.40 bits per heavy atom. The van der Waals surface area contributed by atoms with Crippen LogP contribution in [0.25, 0.3) is 11.1 Å². The number of esters is 1. The Morgan fingerprint density at radius 2 is 1.67 bits per heavy atom. The van der Waals surface area contributed by atoms with Crippen LogP contribution in [-0.4, -0.2) is 38.2 Å². The molecule has 4 rings (SSSR count). The Morgan fingerprint density at radius 1 is 0.881 bits per heavy atom. The van der Waals surface area contributed by atoms with Crippen molar-refractivity contribution in [2.75, 3.05) is 19.8 Å². The van der Waals surface area contributed by atoms with Crippen molar-refractivity contribution in [1.82, 2.24) is 0 Å². The lowest BCUT2D eigenvalue weighted by Crippen LogP contribution is -2.25. The van der Waals surface area contributed by atoms with Gasteiger partial charge in [-0.1, -0.05) is 62.9 Å². The lowest BCUT2D eigenvalue weighted by molar-refractivity contribution is -0.165. The third-order valence-corrected chi connectivity index (χ3v) is 7.46. The van der Waals surface area contributed by atoms with Crippen molar-refractivity contribution in [2.45, 2.75) is 90.4 Å². The number of benzene rings is 3. The van der Waals surface area contributed by atoms with Gasteiger partial charge in [0.05, 0.1) is 18.8 Å². The van der Waals surface area contributed by atoms with E-state index >= 15 is 0 Å². The van der Waals surface area contributed by atoms with E-state index in [2.05, 4.69) is 6.92 Å². The van der Waals surface area contributed by atoms with E-state index in [0.29, 0.717) is 30.3 Å². The van der Waals surface area contributed by atoms with Crippen molar-refractivity contribution >= 4 is 5.97 Å². The van der Waals surface area contributed by atoms with E-state index in [0.717, 1.165) is 62.0 Å². The zero-order valence-corrected chi connectivity index (χ0v) is 25.2. The molecule has 0 aromatic heterocycles. The SMILES string of the molecule is CCCCCCCC(CCOC1CCCCO1)Oc1ccc(-c2ccc(OCC)cc2)c(OC(=O)c2ccccc2)c1. The highest BCUT2D eigenvalue weighted by atomic mass is 16.7. The van der Waals surface area contributed by atoms with E-state index in [1.165, 1.54) is 25.7 Å². The second kappa shape index (κ2) is 17.6. The topological polar surface area (TPSA) is 63.2 Å². The summed E-state index contributed by atoms with van der Waals surface area (Å²) in [7, 11) is 0. The summed E-state index contributed by atoms with van der Waals surface area (Å²) in [5, 5.41) is 0. The van der Waals surface area contributed by atoms with Crippen molar-refractivity contribution in [2.24, 2.45) is 0 Å². The van der Waals surface area contributed by atoms with Gasteiger partial charge in [-0.05, 0) is 81.0 Å². The number of carbonyl (C=O) groups is 1. The molecule has 0 aliphatic carbocycles. The van der Waals surface area contributed by atoms with E-state index in [9.17, 15) is 4.79 Å². The van der Waals surface area contributed by atoms with Gasteiger partial charge in [0.2, 0.25) is 0 Å². The first-order valence-corrected chi connectivity index (χ1v) is 15.7. The number of hydrogen-bond acceptors (Lipinski definition) is 6. The molecule has 0 saturated carbocycles. The fourth-order valence-electron chi connectivity index (χ4n) is 5.13. The van der Waals surface area contributed by atoms with Crippen LogP contribution in [0.3, 0.4) is 0 Å². The number of carbonyl (C=O) groups excluding carboxylic acids is 1. The van der Waals surface area contributed by atoms with Gasteiger partial charge in [-0.3, -0.25) is 0 Å². The monoisotopic (exact) mass is 574 g/mol. The van der Waals surface area contributed by atoms with Crippen LogP contribution < -0.4 is 14.2 Å². The molecule has 42 heavy (non-hydrogen) atoms. The van der Waals surface area contributed by atoms with Crippen molar-refractivity contribution < 1.29 is 28.5 Å². The van der Waals surface area contributed by atoms with E-state index in [1.807, 2.05) is 67.6 Å². The molecule has 0 bridgehead atoms. The number of hydrogen-bond donors (Lipinski definition) is 0. The van der Waals surface area contributed by atoms with Crippen LogP contribution in [0.15, 0.2) is 72.8 Å². The molecule has 2 unspecified atom stereocenters. The Bertz CT molecular complexity index is 1190. The molecular weight excluding hydrogens is 528 g/mol. The molecule has 226 valence electrons. The van der Waals surface area contributed by atoms with Gasteiger partial charge < -0.3 is 23.7 Å². The summed E-state index contributed by atoms with van der Waals surface area (Å²) in [4.78, 5) is 13.1. The molecule has 1 aliphatic heterocycles.